The molecule has 0 aliphatic carbocycles. The van der Waals surface area contributed by atoms with Crippen LogP contribution in [-0.4, -0.2) is 19.8 Å². The van der Waals surface area contributed by atoms with Crippen LogP contribution in [0.5, 0.6) is 0 Å². The van der Waals surface area contributed by atoms with Crippen molar-refractivity contribution in [3.8, 4) is 0 Å². The maximum Gasteiger partial charge on any atom is 0.309 e. The molecule has 0 radical (unpaired) electrons. The summed E-state index contributed by atoms with van der Waals surface area (Å²) in [5.74, 6) is -0.220. The Bertz CT molecular complexity index is 413. The van der Waals surface area contributed by atoms with Crippen molar-refractivity contribution in [1.82, 2.24) is 0 Å². The van der Waals surface area contributed by atoms with Crippen molar-refractivity contribution in [2.45, 2.75) is 39.5 Å². The van der Waals surface area contributed by atoms with E-state index in [0.29, 0.717) is 12.8 Å². The fourth-order valence-electron chi connectivity index (χ4n) is 2.03. The zero-order chi connectivity index (χ0) is 13.5. The molecule has 0 unspecified atom stereocenters. The highest BCUT2D eigenvalue weighted by Gasteiger charge is 2.10. The summed E-state index contributed by atoms with van der Waals surface area (Å²) in [6.07, 6.45) is 2.69. The Morgan fingerprint density at radius 2 is 1.78 bits per heavy atom. The zero-order valence-electron chi connectivity index (χ0n) is 11.4. The van der Waals surface area contributed by atoms with Gasteiger partial charge in [-0.15, -0.1) is 0 Å². The lowest BCUT2D eigenvalue weighted by atomic mass is 9.94. The monoisotopic (exact) mass is 252 g/mol. The van der Waals surface area contributed by atoms with E-state index in [1.165, 1.54) is 18.2 Å². The predicted octanol–water partition coefficient (Wildman–Crippen LogP) is 3.31. The number of unbranched alkanes of at least 4 members (excludes halogenated alkanes) is 1. The summed E-state index contributed by atoms with van der Waals surface area (Å²) >= 11 is 0. The van der Waals surface area contributed by atoms with Crippen LogP contribution in [0.2, 0.25) is 0 Å². The van der Waals surface area contributed by atoms with Crippen LogP contribution < -0.4 is 0 Å². The topological polar surface area (TPSA) is 26.3 Å². The van der Waals surface area contributed by atoms with Crippen LogP contribution in [0.4, 0.5) is 4.39 Å². The summed E-state index contributed by atoms with van der Waals surface area (Å²) in [7, 11) is 1.40. The van der Waals surface area contributed by atoms with Crippen molar-refractivity contribution in [3.63, 3.8) is 0 Å². The lowest BCUT2D eigenvalue weighted by molar-refractivity contribution is -0.139. The van der Waals surface area contributed by atoms with Gasteiger partial charge in [0.05, 0.1) is 20.2 Å². The van der Waals surface area contributed by atoms with E-state index in [9.17, 15) is 9.18 Å². The van der Waals surface area contributed by atoms with Crippen LogP contribution in [0.25, 0.3) is 0 Å². The lowest BCUT2D eigenvalue weighted by Gasteiger charge is -2.12. The zero-order valence-corrected chi connectivity index (χ0v) is 11.4. The number of aryl methyl sites for hydroxylation is 1. The van der Waals surface area contributed by atoms with Crippen molar-refractivity contribution in [3.05, 3.63) is 34.4 Å². The molecule has 0 fully saturated rings. The lowest BCUT2D eigenvalue weighted by Crippen LogP contribution is -2.07. The Labute approximate surface area is 108 Å². The Morgan fingerprint density at radius 3 is 2.39 bits per heavy atom. The van der Waals surface area contributed by atoms with Crippen molar-refractivity contribution in [2.75, 3.05) is 13.8 Å². The van der Waals surface area contributed by atoms with E-state index in [1.54, 1.807) is 0 Å². The van der Waals surface area contributed by atoms with Gasteiger partial charge < -0.3 is 4.74 Å². The quantitative estimate of drug-likeness (QED) is 0.573. The highest BCUT2D eigenvalue weighted by molar-refractivity contribution is 5.73. The molecule has 0 aliphatic heterocycles. The molecular formula is C15H21FO2. The van der Waals surface area contributed by atoms with Crippen LogP contribution in [0.1, 0.15) is 35.1 Å². The van der Waals surface area contributed by atoms with Gasteiger partial charge in [-0.3, -0.25) is 9.18 Å². The molecule has 0 saturated heterocycles. The second-order valence-corrected chi connectivity index (χ2v) is 4.53. The summed E-state index contributed by atoms with van der Waals surface area (Å²) in [6.45, 7) is 3.83. The third-order valence-corrected chi connectivity index (χ3v) is 3.40. The highest BCUT2D eigenvalue weighted by Crippen LogP contribution is 2.20. The predicted molar refractivity (Wildman–Crippen MR) is 70.5 cm³/mol. The molecule has 0 aromatic heterocycles. The molecule has 100 valence electrons. The molecule has 0 N–H and O–H groups in total. The summed E-state index contributed by atoms with van der Waals surface area (Å²) in [5, 5.41) is 0. The second kappa shape index (κ2) is 7.14. The molecule has 1 rings (SSSR count). The van der Waals surface area contributed by atoms with Crippen molar-refractivity contribution >= 4 is 5.97 Å². The van der Waals surface area contributed by atoms with E-state index in [2.05, 4.69) is 11.7 Å². The van der Waals surface area contributed by atoms with E-state index in [1.807, 2.05) is 19.1 Å². The van der Waals surface area contributed by atoms with E-state index in [0.717, 1.165) is 24.0 Å². The second-order valence-electron chi connectivity index (χ2n) is 4.53. The maximum atomic E-state index is 12.1. The number of methoxy groups -OCH3 is 1. The molecule has 0 aliphatic rings. The Balaban J connectivity index is 2.80. The molecule has 0 saturated carbocycles. The number of hydrogen-bond acceptors (Lipinski definition) is 2. The minimum absolute atomic E-state index is 0.220. The van der Waals surface area contributed by atoms with Crippen LogP contribution in [0.15, 0.2) is 12.1 Å². The van der Waals surface area contributed by atoms with Gasteiger partial charge in [-0.2, -0.15) is 0 Å². The van der Waals surface area contributed by atoms with E-state index < -0.39 is 0 Å². The van der Waals surface area contributed by atoms with Gasteiger partial charge in [0.1, 0.15) is 0 Å². The standard InChI is InChI=1S/C15H21FO2/c1-11-12(2)14(10-15(17)18-3)8-7-13(11)6-4-5-9-16/h7-8H,4-6,9-10H2,1-3H3. The van der Waals surface area contributed by atoms with Crippen LogP contribution in [0.3, 0.4) is 0 Å². The number of esters is 1. The van der Waals surface area contributed by atoms with Gasteiger partial charge in [0.25, 0.3) is 0 Å². The minimum Gasteiger partial charge on any atom is -0.469 e. The molecule has 3 heteroatoms. The highest BCUT2D eigenvalue weighted by atomic mass is 19.1. The summed E-state index contributed by atoms with van der Waals surface area (Å²) in [5.41, 5.74) is 4.59. The average molecular weight is 252 g/mol. The molecule has 0 atom stereocenters. The molecular weight excluding hydrogens is 231 g/mol. The number of ether oxygens (including phenoxy) is 1. The van der Waals surface area contributed by atoms with E-state index in [-0.39, 0.29) is 12.6 Å². The first-order valence-electron chi connectivity index (χ1n) is 6.31. The number of rotatable bonds is 6. The normalized spacial score (nSPS) is 10.4. The molecule has 18 heavy (non-hydrogen) atoms. The largest absolute Gasteiger partial charge is 0.469 e. The van der Waals surface area contributed by atoms with Gasteiger partial charge in [0.15, 0.2) is 0 Å². The van der Waals surface area contributed by atoms with Gasteiger partial charge in [0.2, 0.25) is 0 Å². The van der Waals surface area contributed by atoms with E-state index >= 15 is 0 Å². The Hall–Kier alpha value is -1.38. The van der Waals surface area contributed by atoms with Gasteiger partial charge in [-0.25, -0.2) is 0 Å². The number of alkyl halides is 1. The van der Waals surface area contributed by atoms with Crippen LogP contribution in [0, 0.1) is 13.8 Å². The number of carbonyl (C=O) groups excluding carboxylic acids is 1. The molecule has 1 aromatic carbocycles. The molecule has 0 spiro atoms. The number of carbonyl (C=O) groups is 1. The third kappa shape index (κ3) is 3.83. The average Bonchev–Trinajstić information content (AvgIpc) is 2.37. The number of hydrogen-bond donors (Lipinski definition) is 0. The van der Waals surface area contributed by atoms with Crippen LogP contribution >= 0.6 is 0 Å². The van der Waals surface area contributed by atoms with E-state index in [4.69, 9.17) is 0 Å². The van der Waals surface area contributed by atoms with Gasteiger partial charge in [-0.1, -0.05) is 12.1 Å². The van der Waals surface area contributed by atoms with Crippen LogP contribution in [-0.2, 0) is 22.4 Å². The molecule has 1 aromatic rings. The Kier molecular flexibility index (Phi) is 5.83. The first-order chi connectivity index (χ1) is 8.60. The fourth-order valence-corrected chi connectivity index (χ4v) is 2.03. The van der Waals surface area contributed by atoms with Crippen molar-refractivity contribution < 1.29 is 13.9 Å². The summed E-state index contributed by atoms with van der Waals surface area (Å²) in [6, 6.07) is 4.02. The Morgan fingerprint density at radius 1 is 1.17 bits per heavy atom. The van der Waals surface area contributed by atoms with Crippen molar-refractivity contribution in [1.29, 1.82) is 0 Å². The van der Waals surface area contributed by atoms with Gasteiger partial charge >= 0.3 is 5.97 Å². The molecule has 0 bridgehead atoms. The van der Waals surface area contributed by atoms with Crippen molar-refractivity contribution in [2.24, 2.45) is 0 Å². The number of benzene rings is 1. The fraction of sp³-hybridized carbons (Fsp3) is 0.533. The molecule has 0 heterocycles. The maximum absolute atomic E-state index is 12.1. The summed E-state index contributed by atoms with van der Waals surface area (Å²) < 4.78 is 16.7. The third-order valence-electron chi connectivity index (χ3n) is 3.40. The molecule has 2 nitrogen and oxygen atoms in total. The summed E-state index contributed by atoms with van der Waals surface area (Å²) in [4.78, 5) is 11.3. The first kappa shape index (κ1) is 14.7. The SMILES string of the molecule is COC(=O)Cc1ccc(CCCCF)c(C)c1C. The molecule has 0 amide bonds. The smallest absolute Gasteiger partial charge is 0.309 e. The number of halogens is 1. The van der Waals surface area contributed by atoms with Gasteiger partial charge in [-0.05, 0) is 55.4 Å². The first-order valence-corrected chi connectivity index (χ1v) is 6.31. The minimum atomic E-state index is -0.252. The van der Waals surface area contributed by atoms with Gasteiger partial charge in [0, 0.05) is 0 Å².